The quantitative estimate of drug-likeness (QED) is 0.932. The monoisotopic (exact) mass is 270 g/mol. The van der Waals surface area contributed by atoms with E-state index in [0.29, 0.717) is 6.54 Å². The van der Waals surface area contributed by atoms with Gasteiger partial charge in [-0.1, -0.05) is 18.2 Å². The van der Waals surface area contributed by atoms with Crippen molar-refractivity contribution in [1.82, 2.24) is 4.90 Å². The van der Waals surface area contributed by atoms with Gasteiger partial charge in [-0.05, 0) is 30.2 Å². The highest BCUT2D eigenvalue weighted by Gasteiger charge is 2.28. The van der Waals surface area contributed by atoms with Crippen LogP contribution in [-0.2, 0) is 11.3 Å². The van der Waals surface area contributed by atoms with E-state index in [-0.39, 0.29) is 11.8 Å². The molecule has 0 spiro atoms. The third-order valence-corrected chi connectivity index (χ3v) is 3.73. The smallest absolute Gasteiger partial charge is 0.230 e. The predicted octanol–water partition coefficient (Wildman–Crippen LogP) is 2.84. The summed E-state index contributed by atoms with van der Waals surface area (Å²) in [6, 6.07) is 11.8. The number of carbonyl (C=O) groups is 1. The van der Waals surface area contributed by atoms with E-state index in [4.69, 9.17) is 4.42 Å². The van der Waals surface area contributed by atoms with E-state index in [0.717, 1.165) is 30.0 Å². The fourth-order valence-corrected chi connectivity index (χ4v) is 2.71. The lowest BCUT2D eigenvalue weighted by molar-refractivity contribution is -0.132. The molecule has 1 aromatic carbocycles. The highest BCUT2D eigenvalue weighted by Crippen LogP contribution is 2.32. The first-order valence-corrected chi connectivity index (χ1v) is 6.86. The first kappa shape index (κ1) is 12.8. The van der Waals surface area contributed by atoms with E-state index < -0.39 is 0 Å². The summed E-state index contributed by atoms with van der Waals surface area (Å²) in [6.07, 6.45) is 2.46. The Kier molecular flexibility index (Phi) is 3.46. The zero-order chi connectivity index (χ0) is 13.9. The van der Waals surface area contributed by atoms with Crippen LogP contribution in [0.1, 0.15) is 23.7 Å². The van der Waals surface area contributed by atoms with Crippen molar-refractivity contribution in [2.45, 2.75) is 18.9 Å². The molecule has 0 saturated heterocycles. The van der Waals surface area contributed by atoms with Gasteiger partial charge in [-0.3, -0.25) is 4.79 Å². The molecule has 1 aliphatic rings. The van der Waals surface area contributed by atoms with Crippen LogP contribution in [0.2, 0.25) is 0 Å². The molecule has 2 aromatic rings. The Morgan fingerprint density at radius 1 is 1.35 bits per heavy atom. The Morgan fingerprint density at radius 3 is 3.00 bits per heavy atom. The molecule has 1 unspecified atom stereocenters. The topological polar surface area (TPSA) is 45.5 Å². The van der Waals surface area contributed by atoms with Crippen molar-refractivity contribution in [2.24, 2.45) is 0 Å². The normalized spacial score (nSPS) is 17.1. The fourth-order valence-electron chi connectivity index (χ4n) is 2.71. The van der Waals surface area contributed by atoms with Crippen molar-refractivity contribution in [1.29, 1.82) is 0 Å². The number of nitrogens with one attached hydrogen (secondary N) is 1. The van der Waals surface area contributed by atoms with Crippen LogP contribution >= 0.6 is 0 Å². The first-order valence-electron chi connectivity index (χ1n) is 6.86. The highest BCUT2D eigenvalue weighted by molar-refractivity contribution is 5.86. The van der Waals surface area contributed by atoms with Gasteiger partial charge in [-0.25, -0.2) is 0 Å². The molecule has 4 nitrogen and oxygen atoms in total. The number of nitrogens with zero attached hydrogens (tertiary/aromatic N) is 1. The van der Waals surface area contributed by atoms with E-state index in [1.807, 2.05) is 43.4 Å². The van der Waals surface area contributed by atoms with Gasteiger partial charge in [-0.15, -0.1) is 0 Å². The molecule has 1 aliphatic heterocycles. The van der Waals surface area contributed by atoms with Gasteiger partial charge in [0.15, 0.2) is 0 Å². The van der Waals surface area contributed by atoms with E-state index >= 15 is 0 Å². The third kappa shape index (κ3) is 2.41. The number of carbonyl (C=O) groups excluding carboxylic acids is 1. The number of rotatable bonds is 3. The lowest BCUT2D eigenvalue weighted by atomic mass is 9.90. The molecule has 20 heavy (non-hydrogen) atoms. The predicted molar refractivity (Wildman–Crippen MR) is 77.5 cm³/mol. The molecule has 1 amide bonds. The van der Waals surface area contributed by atoms with Crippen molar-refractivity contribution in [2.75, 3.05) is 18.9 Å². The molecule has 1 N–H and O–H groups in total. The fraction of sp³-hybridized carbons (Fsp3) is 0.312. The zero-order valence-electron chi connectivity index (χ0n) is 11.5. The van der Waals surface area contributed by atoms with Crippen molar-refractivity contribution in [3.8, 4) is 0 Å². The second kappa shape index (κ2) is 5.41. The number of anilines is 1. The molecular weight excluding hydrogens is 252 g/mol. The first-order chi connectivity index (χ1) is 9.75. The minimum Gasteiger partial charge on any atom is -0.467 e. The molecule has 0 bridgehead atoms. The molecule has 3 rings (SSSR count). The molecule has 0 saturated carbocycles. The van der Waals surface area contributed by atoms with Crippen LogP contribution in [0.5, 0.6) is 0 Å². The van der Waals surface area contributed by atoms with Crippen molar-refractivity contribution >= 4 is 11.6 Å². The zero-order valence-corrected chi connectivity index (χ0v) is 11.5. The largest absolute Gasteiger partial charge is 0.467 e. The molecule has 4 heteroatoms. The van der Waals surface area contributed by atoms with Crippen LogP contribution < -0.4 is 5.32 Å². The summed E-state index contributed by atoms with van der Waals surface area (Å²) in [7, 11) is 1.83. The summed E-state index contributed by atoms with van der Waals surface area (Å²) in [6.45, 7) is 1.35. The summed E-state index contributed by atoms with van der Waals surface area (Å²) >= 11 is 0. The number of likely N-dealkylation sites (N-methyl/N-ethyl adjacent to an activating group) is 1. The number of hydrogen-bond acceptors (Lipinski definition) is 3. The van der Waals surface area contributed by atoms with Gasteiger partial charge in [0.25, 0.3) is 0 Å². The van der Waals surface area contributed by atoms with Crippen molar-refractivity contribution in [3.63, 3.8) is 0 Å². The third-order valence-electron chi connectivity index (χ3n) is 3.73. The molecule has 0 aliphatic carbocycles. The van der Waals surface area contributed by atoms with Crippen LogP contribution in [0.4, 0.5) is 5.69 Å². The summed E-state index contributed by atoms with van der Waals surface area (Å²) in [5.41, 5.74) is 2.17. The minimum atomic E-state index is -0.0626. The van der Waals surface area contributed by atoms with Gasteiger partial charge < -0.3 is 14.6 Å². The number of furan rings is 1. The summed E-state index contributed by atoms with van der Waals surface area (Å²) in [4.78, 5) is 14.4. The summed E-state index contributed by atoms with van der Waals surface area (Å²) in [5.74, 6) is 0.894. The molecule has 0 fully saturated rings. The standard InChI is InChI=1S/C16H18N2O2/c1-18(11-12-5-4-10-20-12)16(19)14-8-9-17-15-7-3-2-6-13(14)15/h2-7,10,14,17H,8-9,11H2,1H3. The van der Waals surface area contributed by atoms with Gasteiger partial charge in [-0.2, -0.15) is 0 Å². The second-order valence-electron chi connectivity index (χ2n) is 5.13. The number of hydrogen-bond donors (Lipinski definition) is 1. The van der Waals surface area contributed by atoms with E-state index in [1.54, 1.807) is 11.2 Å². The van der Waals surface area contributed by atoms with Gasteiger partial charge in [0.2, 0.25) is 5.91 Å². The number of fused-ring (bicyclic) bond motifs is 1. The average Bonchev–Trinajstić information content (AvgIpc) is 2.99. The molecule has 1 atom stereocenters. The Morgan fingerprint density at radius 2 is 2.20 bits per heavy atom. The Balaban J connectivity index is 1.77. The minimum absolute atomic E-state index is 0.0626. The highest BCUT2D eigenvalue weighted by atomic mass is 16.3. The van der Waals surface area contributed by atoms with E-state index in [2.05, 4.69) is 5.32 Å². The summed E-state index contributed by atoms with van der Waals surface area (Å²) in [5, 5.41) is 3.34. The van der Waals surface area contributed by atoms with E-state index in [9.17, 15) is 4.79 Å². The van der Waals surface area contributed by atoms with Crippen molar-refractivity contribution in [3.05, 3.63) is 54.0 Å². The number of amides is 1. The van der Waals surface area contributed by atoms with Gasteiger partial charge >= 0.3 is 0 Å². The van der Waals surface area contributed by atoms with Crippen LogP contribution in [0.25, 0.3) is 0 Å². The van der Waals surface area contributed by atoms with E-state index in [1.165, 1.54) is 0 Å². The Labute approximate surface area is 118 Å². The Bertz CT molecular complexity index is 592. The Hall–Kier alpha value is -2.23. The molecule has 2 heterocycles. The molecule has 104 valence electrons. The van der Waals surface area contributed by atoms with Crippen LogP contribution in [0, 0.1) is 0 Å². The number of para-hydroxylation sites is 1. The lowest BCUT2D eigenvalue weighted by Gasteiger charge is -2.29. The van der Waals surface area contributed by atoms with Gasteiger partial charge in [0.05, 0.1) is 18.7 Å². The maximum Gasteiger partial charge on any atom is 0.230 e. The van der Waals surface area contributed by atoms with Crippen LogP contribution in [-0.4, -0.2) is 24.4 Å². The number of benzene rings is 1. The van der Waals surface area contributed by atoms with Gasteiger partial charge in [0, 0.05) is 19.3 Å². The summed E-state index contributed by atoms with van der Waals surface area (Å²) < 4.78 is 5.30. The van der Waals surface area contributed by atoms with Crippen LogP contribution in [0.3, 0.4) is 0 Å². The maximum atomic E-state index is 12.6. The lowest BCUT2D eigenvalue weighted by Crippen LogP contribution is -2.34. The maximum absolute atomic E-state index is 12.6. The molecule has 1 aromatic heterocycles. The second-order valence-corrected chi connectivity index (χ2v) is 5.13. The average molecular weight is 270 g/mol. The molecule has 0 radical (unpaired) electrons. The van der Waals surface area contributed by atoms with Crippen LogP contribution in [0.15, 0.2) is 47.1 Å². The molecular formula is C16H18N2O2. The SMILES string of the molecule is CN(Cc1ccco1)C(=O)C1CCNc2ccccc21. The van der Waals surface area contributed by atoms with Crippen molar-refractivity contribution < 1.29 is 9.21 Å². The van der Waals surface area contributed by atoms with Gasteiger partial charge in [0.1, 0.15) is 5.76 Å².